The molecule has 40 heavy (non-hydrogen) atoms. The number of rotatable bonds is 4. The summed E-state index contributed by atoms with van der Waals surface area (Å²) < 4.78 is 111. The molecule has 5 rings (SSSR count). The number of hydrogen-bond acceptors (Lipinski definition) is 8. The van der Waals surface area contributed by atoms with E-state index in [-0.39, 0.29) is 9.79 Å². The van der Waals surface area contributed by atoms with E-state index in [1.807, 2.05) is 13.8 Å². The van der Waals surface area contributed by atoms with Crippen LogP contribution in [0.2, 0.25) is 0 Å². The van der Waals surface area contributed by atoms with Crippen molar-refractivity contribution in [2.24, 2.45) is 0 Å². The maximum atomic E-state index is 14.3. The van der Waals surface area contributed by atoms with E-state index in [2.05, 4.69) is 0 Å². The third-order valence-electron chi connectivity index (χ3n) is 8.59. The zero-order valence-electron chi connectivity index (χ0n) is 23.2. The number of nitrogens with zero attached hydrogens (tertiary/aromatic N) is 2. The minimum absolute atomic E-state index is 0.0389. The lowest BCUT2D eigenvalue weighted by Gasteiger charge is -2.49. The molecule has 3 fully saturated rings. The van der Waals surface area contributed by atoms with Crippen LogP contribution < -0.4 is 0 Å². The Morgan fingerprint density at radius 1 is 0.500 bits per heavy atom. The summed E-state index contributed by atoms with van der Waals surface area (Å²) in [5, 5.41) is 0. The predicted octanol–water partition coefficient (Wildman–Crippen LogP) is 1.56. The van der Waals surface area contributed by atoms with Crippen LogP contribution >= 0.6 is 0 Å². The molecule has 0 N–H and O–H groups in total. The summed E-state index contributed by atoms with van der Waals surface area (Å²) >= 11 is 0. The maximum absolute atomic E-state index is 14.3. The van der Waals surface area contributed by atoms with E-state index in [0.29, 0.717) is 22.3 Å². The first-order chi connectivity index (χ1) is 18.3. The van der Waals surface area contributed by atoms with Crippen LogP contribution in [-0.2, 0) is 39.7 Å². The van der Waals surface area contributed by atoms with Crippen molar-refractivity contribution in [1.82, 2.24) is 8.61 Å². The lowest BCUT2D eigenvalue weighted by Crippen LogP contribution is -2.70. The summed E-state index contributed by atoms with van der Waals surface area (Å²) in [7, 11) is -16.5. The molecule has 0 amide bonds. The first-order valence-electron chi connectivity index (χ1n) is 12.9. The van der Waals surface area contributed by atoms with Crippen LogP contribution in [0.3, 0.4) is 0 Å². The Hall–Kier alpha value is -1.84. The third-order valence-corrected chi connectivity index (χ3v) is 16.2. The van der Waals surface area contributed by atoms with Crippen molar-refractivity contribution >= 4 is 39.7 Å². The Balaban J connectivity index is 1.75. The number of hydrogen-bond donors (Lipinski definition) is 0. The van der Waals surface area contributed by atoms with Crippen molar-refractivity contribution in [3.8, 4) is 0 Å². The van der Waals surface area contributed by atoms with Crippen molar-refractivity contribution in [3.05, 3.63) is 57.6 Å². The van der Waals surface area contributed by atoms with Gasteiger partial charge in [0.15, 0.2) is 19.7 Å². The molecule has 0 bridgehead atoms. The fraction of sp³-hybridized carbons (Fsp3) is 0.538. The van der Waals surface area contributed by atoms with Gasteiger partial charge in [-0.1, -0.05) is 12.1 Å². The van der Waals surface area contributed by atoms with Gasteiger partial charge in [0.2, 0.25) is 20.0 Å². The lowest BCUT2D eigenvalue weighted by atomic mass is 10.0. The van der Waals surface area contributed by atoms with Crippen molar-refractivity contribution in [3.63, 3.8) is 0 Å². The molecule has 0 spiro atoms. The molecule has 0 unspecified atom stereocenters. The van der Waals surface area contributed by atoms with Crippen LogP contribution in [0, 0.1) is 41.5 Å². The highest BCUT2D eigenvalue weighted by Gasteiger charge is 2.63. The van der Waals surface area contributed by atoms with Crippen LogP contribution in [0.25, 0.3) is 0 Å². The molecule has 2 aromatic rings. The minimum Gasteiger partial charge on any atom is -0.229 e. The van der Waals surface area contributed by atoms with E-state index >= 15 is 0 Å². The first-order valence-corrected chi connectivity index (χ1v) is 19.4. The van der Waals surface area contributed by atoms with E-state index in [1.165, 1.54) is 12.1 Å². The van der Waals surface area contributed by atoms with E-state index in [9.17, 15) is 33.7 Å². The molecule has 14 heteroatoms. The first kappa shape index (κ1) is 29.6. The Labute approximate surface area is 237 Å². The average Bonchev–Trinajstić information content (AvgIpc) is 3.28. The monoisotopic (exact) mass is 630 g/mol. The fourth-order valence-electron chi connectivity index (χ4n) is 6.45. The second-order valence-electron chi connectivity index (χ2n) is 11.5. The van der Waals surface area contributed by atoms with Gasteiger partial charge < -0.3 is 0 Å². The molecule has 220 valence electrons. The second-order valence-corrected chi connectivity index (χ2v) is 19.4. The zero-order valence-corrected chi connectivity index (χ0v) is 26.5. The second kappa shape index (κ2) is 9.33. The Morgan fingerprint density at radius 2 is 0.750 bits per heavy atom. The smallest absolute Gasteiger partial charge is 0.229 e. The van der Waals surface area contributed by atoms with Crippen molar-refractivity contribution in [2.75, 3.05) is 23.0 Å². The van der Waals surface area contributed by atoms with Crippen LogP contribution in [0.1, 0.15) is 33.4 Å². The van der Waals surface area contributed by atoms with E-state index in [0.717, 1.165) is 19.7 Å². The van der Waals surface area contributed by atoms with Gasteiger partial charge in [-0.05, 0) is 87.1 Å². The van der Waals surface area contributed by atoms with Crippen molar-refractivity contribution < 1.29 is 33.7 Å². The summed E-state index contributed by atoms with van der Waals surface area (Å²) in [5.41, 5.74) is 4.05. The average molecular weight is 631 g/mol. The minimum atomic E-state index is -4.41. The molecule has 0 radical (unpaired) electrons. The molecule has 3 heterocycles. The quantitative estimate of drug-likeness (QED) is 0.496. The third kappa shape index (κ3) is 4.64. The number of fused-ring (bicyclic) bond motifs is 2. The highest BCUT2D eigenvalue weighted by molar-refractivity contribution is 7.93. The van der Waals surface area contributed by atoms with E-state index in [1.54, 1.807) is 39.8 Å². The Kier molecular flexibility index (Phi) is 6.92. The summed E-state index contributed by atoms with van der Waals surface area (Å²) in [6, 6.07) is 1.38. The normalized spacial score (nSPS) is 28.4. The highest BCUT2D eigenvalue weighted by atomic mass is 32.2. The van der Waals surface area contributed by atoms with Gasteiger partial charge >= 0.3 is 0 Å². The molecule has 0 aromatic heterocycles. The summed E-state index contributed by atoms with van der Waals surface area (Å²) in [4.78, 5) is -0.0778. The van der Waals surface area contributed by atoms with Gasteiger partial charge in [0.05, 0.1) is 57.0 Å². The summed E-state index contributed by atoms with van der Waals surface area (Å²) in [6.45, 7) is 10.5. The van der Waals surface area contributed by atoms with Gasteiger partial charge in [0.25, 0.3) is 0 Å². The van der Waals surface area contributed by atoms with Gasteiger partial charge in [-0.15, -0.1) is 0 Å². The number of aryl methyl sites for hydroxylation is 6. The molecule has 4 atom stereocenters. The molecule has 0 saturated carbocycles. The van der Waals surface area contributed by atoms with Crippen molar-refractivity contribution in [2.45, 2.75) is 75.5 Å². The topological polar surface area (TPSA) is 143 Å². The van der Waals surface area contributed by atoms with Crippen LogP contribution in [0.15, 0.2) is 34.1 Å². The molecule has 0 aliphatic carbocycles. The van der Waals surface area contributed by atoms with Crippen molar-refractivity contribution in [1.29, 1.82) is 0 Å². The van der Waals surface area contributed by atoms with Crippen LogP contribution in [-0.4, -0.2) is 89.5 Å². The summed E-state index contributed by atoms with van der Waals surface area (Å²) in [6.07, 6.45) is 0. The van der Waals surface area contributed by atoms with Gasteiger partial charge in [0, 0.05) is 0 Å². The number of piperazine rings is 1. The molecular weight excluding hydrogens is 597 g/mol. The van der Waals surface area contributed by atoms with E-state index < -0.39 is 86.9 Å². The van der Waals surface area contributed by atoms with Gasteiger partial charge in [-0.25, -0.2) is 33.7 Å². The van der Waals surface area contributed by atoms with Gasteiger partial charge in [-0.2, -0.15) is 8.61 Å². The number of sulfone groups is 2. The molecule has 10 nitrogen and oxygen atoms in total. The van der Waals surface area contributed by atoms with Gasteiger partial charge in [0.1, 0.15) is 0 Å². The largest absolute Gasteiger partial charge is 0.244 e. The molecule has 3 aliphatic heterocycles. The van der Waals surface area contributed by atoms with Crippen LogP contribution in [0.5, 0.6) is 0 Å². The molecule has 3 saturated heterocycles. The zero-order chi connectivity index (χ0) is 29.7. The Bertz CT molecular complexity index is 1690. The molecular formula is C26H34N2O8S4. The highest BCUT2D eigenvalue weighted by Crippen LogP contribution is 2.44. The predicted molar refractivity (Wildman–Crippen MR) is 152 cm³/mol. The Morgan fingerprint density at radius 3 is 1.02 bits per heavy atom. The fourth-order valence-corrected chi connectivity index (χ4v) is 15.0. The number of benzene rings is 2. The van der Waals surface area contributed by atoms with Gasteiger partial charge in [-0.3, -0.25) is 0 Å². The van der Waals surface area contributed by atoms with Crippen LogP contribution in [0.4, 0.5) is 0 Å². The maximum Gasteiger partial charge on any atom is 0.244 e. The SMILES string of the molecule is Cc1cc(C)c(S(=O)(=O)N2[C@@H]3CS(=O)(=O)C[C@@H]3N(S(=O)(=O)c3cc(C)c(C)cc3C)[C@H]3CS(=O)(=O)C[C@@H]32)cc1C. The number of sulfonamides is 2. The molecule has 3 aliphatic rings. The summed E-state index contributed by atoms with van der Waals surface area (Å²) in [5.74, 6) is -2.38. The standard InChI is InChI=1S/C26H34N2O8S4/c1-15-7-19(5)25(9-17(15)3)39(33,34)27-21-11-37(29,30)13-23(21)28(24-14-38(31,32)12-22(24)27)40(35,36)26-10-18(4)16(2)8-20(26)6/h7-10,21-24H,11-14H2,1-6H3/t21-,22-,23-,24+/m0/s1. The molecule has 2 aromatic carbocycles. The lowest BCUT2D eigenvalue weighted by molar-refractivity contribution is 0.0841. The van der Waals surface area contributed by atoms with E-state index in [4.69, 9.17) is 0 Å².